The first kappa shape index (κ1) is 18.9. The van der Waals surface area contributed by atoms with Crippen molar-refractivity contribution in [2.45, 2.75) is 25.7 Å². The summed E-state index contributed by atoms with van der Waals surface area (Å²) in [6, 6.07) is 13.4. The normalized spacial score (nSPS) is 12.6. The Labute approximate surface area is 167 Å². The summed E-state index contributed by atoms with van der Waals surface area (Å²) >= 11 is 0. The van der Waals surface area contributed by atoms with Crippen LogP contribution in [0.25, 0.3) is 5.69 Å². The molecule has 6 nitrogen and oxygen atoms in total. The third-order valence-electron chi connectivity index (χ3n) is 5.14. The lowest BCUT2D eigenvalue weighted by molar-refractivity contribution is 0.0946. The van der Waals surface area contributed by atoms with Gasteiger partial charge in [0.05, 0.1) is 0 Å². The highest BCUT2D eigenvalue weighted by Gasteiger charge is 2.27. The zero-order chi connectivity index (χ0) is 20.4. The summed E-state index contributed by atoms with van der Waals surface area (Å²) in [5.41, 5.74) is 9.14. The fourth-order valence-corrected chi connectivity index (χ4v) is 3.73. The minimum absolute atomic E-state index is 0.274. The molecule has 0 radical (unpaired) electrons. The number of halogens is 1. The number of para-hydroxylation sites is 1. The van der Waals surface area contributed by atoms with Gasteiger partial charge in [-0.3, -0.25) is 9.59 Å². The summed E-state index contributed by atoms with van der Waals surface area (Å²) in [4.78, 5) is 24.0. The lowest BCUT2D eigenvalue weighted by Crippen LogP contribution is -2.27. The molecule has 148 valence electrons. The molecule has 0 unspecified atom stereocenters. The first-order valence-electron chi connectivity index (χ1n) is 9.57. The third-order valence-corrected chi connectivity index (χ3v) is 5.14. The minimum Gasteiger partial charge on any atom is -0.366 e. The molecule has 0 spiro atoms. The zero-order valence-corrected chi connectivity index (χ0v) is 15.8. The predicted molar refractivity (Wildman–Crippen MR) is 107 cm³/mol. The van der Waals surface area contributed by atoms with Crippen LogP contribution in [0.3, 0.4) is 0 Å². The van der Waals surface area contributed by atoms with E-state index in [0.29, 0.717) is 29.9 Å². The molecule has 4 rings (SSSR count). The highest BCUT2D eigenvalue weighted by molar-refractivity contribution is 5.94. The van der Waals surface area contributed by atoms with E-state index in [9.17, 15) is 14.0 Å². The number of carbonyl (C=O) groups excluding carboxylic acids is 2. The van der Waals surface area contributed by atoms with E-state index in [-0.39, 0.29) is 11.7 Å². The molecule has 1 heterocycles. The van der Waals surface area contributed by atoms with Crippen LogP contribution >= 0.6 is 0 Å². The predicted octanol–water partition coefficient (Wildman–Crippen LogP) is 2.57. The molecular formula is C22H21FN4O2. The number of carbonyl (C=O) groups is 2. The van der Waals surface area contributed by atoms with Crippen molar-refractivity contribution >= 4 is 11.8 Å². The number of amides is 2. The lowest BCUT2D eigenvalue weighted by atomic mass is 10.1. The van der Waals surface area contributed by atoms with Crippen LogP contribution in [0.1, 0.15) is 44.1 Å². The summed E-state index contributed by atoms with van der Waals surface area (Å²) in [6.07, 6.45) is 3.00. The number of hydrogen-bond acceptors (Lipinski definition) is 3. The molecule has 29 heavy (non-hydrogen) atoms. The minimum atomic E-state index is -0.481. The van der Waals surface area contributed by atoms with E-state index in [0.717, 1.165) is 36.1 Å². The maximum atomic E-state index is 14.2. The van der Waals surface area contributed by atoms with E-state index in [1.807, 2.05) is 6.07 Å². The molecule has 1 aliphatic rings. The number of primary amides is 1. The van der Waals surface area contributed by atoms with Crippen molar-refractivity contribution in [3.8, 4) is 5.69 Å². The van der Waals surface area contributed by atoms with Gasteiger partial charge in [-0.2, -0.15) is 5.10 Å². The van der Waals surface area contributed by atoms with Gasteiger partial charge in [0.2, 0.25) is 5.91 Å². The molecule has 0 atom stereocenters. The average molecular weight is 392 g/mol. The number of aromatic nitrogens is 2. The highest BCUT2D eigenvalue weighted by atomic mass is 19.1. The van der Waals surface area contributed by atoms with Crippen molar-refractivity contribution in [2.24, 2.45) is 5.73 Å². The molecule has 1 aliphatic carbocycles. The quantitative estimate of drug-likeness (QED) is 0.676. The molecule has 3 aromatic rings. The first-order valence-corrected chi connectivity index (χ1v) is 9.57. The Hall–Kier alpha value is -3.48. The van der Waals surface area contributed by atoms with Gasteiger partial charge >= 0.3 is 0 Å². The Bertz CT molecular complexity index is 1090. The summed E-state index contributed by atoms with van der Waals surface area (Å²) in [5.74, 6) is -1.12. The van der Waals surface area contributed by atoms with Gasteiger partial charge in [0.1, 0.15) is 11.5 Å². The lowest BCUT2D eigenvalue weighted by Gasteiger charge is -2.07. The van der Waals surface area contributed by atoms with Gasteiger partial charge < -0.3 is 11.1 Å². The second-order valence-corrected chi connectivity index (χ2v) is 7.06. The van der Waals surface area contributed by atoms with Crippen molar-refractivity contribution in [3.05, 3.63) is 82.4 Å². The third kappa shape index (κ3) is 3.76. The van der Waals surface area contributed by atoms with Crippen LogP contribution in [0.5, 0.6) is 0 Å². The van der Waals surface area contributed by atoms with Gasteiger partial charge in [0, 0.05) is 23.4 Å². The van der Waals surface area contributed by atoms with Crippen molar-refractivity contribution in [1.82, 2.24) is 15.1 Å². The van der Waals surface area contributed by atoms with Gasteiger partial charge in [-0.1, -0.05) is 24.3 Å². The molecule has 0 bridgehead atoms. The number of nitrogens with zero attached hydrogens (tertiary/aromatic N) is 2. The van der Waals surface area contributed by atoms with Crippen LogP contribution in [0.2, 0.25) is 0 Å². The fourth-order valence-electron chi connectivity index (χ4n) is 3.73. The summed E-state index contributed by atoms with van der Waals surface area (Å²) < 4.78 is 15.8. The second-order valence-electron chi connectivity index (χ2n) is 7.06. The molecule has 7 heteroatoms. The standard InChI is InChI=1S/C22H21FN4O2/c23-17-8-1-2-9-19(17)27-18-10-4-7-16(18)20(26-27)22(29)25-12-11-14-5-3-6-15(13-14)21(24)28/h1-3,5-6,8-9,13H,4,7,10-12H2,(H2,24,28)(H,25,29). The maximum absolute atomic E-state index is 14.2. The topological polar surface area (TPSA) is 90.0 Å². The highest BCUT2D eigenvalue weighted by Crippen LogP contribution is 2.28. The van der Waals surface area contributed by atoms with Crippen molar-refractivity contribution in [3.63, 3.8) is 0 Å². The van der Waals surface area contributed by atoms with E-state index < -0.39 is 5.91 Å². The number of nitrogens with two attached hydrogens (primary N) is 1. The van der Waals surface area contributed by atoms with Gasteiger partial charge in [-0.05, 0) is 55.5 Å². The van der Waals surface area contributed by atoms with E-state index >= 15 is 0 Å². The van der Waals surface area contributed by atoms with Crippen molar-refractivity contribution in [2.75, 3.05) is 6.54 Å². The molecule has 0 saturated heterocycles. The van der Waals surface area contributed by atoms with E-state index in [1.54, 1.807) is 41.1 Å². The Kier molecular flexibility index (Phi) is 5.12. The summed E-state index contributed by atoms with van der Waals surface area (Å²) in [7, 11) is 0. The van der Waals surface area contributed by atoms with E-state index in [2.05, 4.69) is 10.4 Å². The van der Waals surface area contributed by atoms with Gasteiger partial charge in [0.15, 0.2) is 5.69 Å². The number of nitrogens with one attached hydrogen (secondary N) is 1. The number of benzene rings is 2. The van der Waals surface area contributed by atoms with Crippen LogP contribution in [-0.2, 0) is 19.3 Å². The van der Waals surface area contributed by atoms with Crippen LogP contribution in [-0.4, -0.2) is 28.1 Å². The van der Waals surface area contributed by atoms with Crippen molar-refractivity contribution < 1.29 is 14.0 Å². The molecule has 3 N–H and O–H groups in total. The molecular weight excluding hydrogens is 371 g/mol. The number of fused-ring (bicyclic) bond motifs is 1. The Morgan fingerprint density at radius 1 is 1.14 bits per heavy atom. The SMILES string of the molecule is NC(=O)c1cccc(CCNC(=O)c2nn(-c3ccccc3F)c3c2CCC3)c1. The Morgan fingerprint density at radius 2 is 1.97 bits per heavy atom. The van der Waals surface area contributed by atoms with Crippen LogP contribution in [0.4, 0.5) is 4.39 Å². The average Bonchev–Trinajstić information content (AvgIpc) is 3.31. The summed E-state index contributed by atoms with van der Waals surface area (Å²) in [6.45, 7) is 0.391. The number of rotatable bonds is 6. The van der Waals surface area contributed by atoms with Crippen molar-refractivity contribution in [1.29, 1.82) is 0 Å². The maximum Gasteiger partial charge on any atom is 0.272 e. The smallest absolute Gasteiger partial charge is 0.272 e. The molecule has 1 aromatic heterocycles. The van der Waals surface area contributed by atoms with Crippen LogP contribution in [0.15, 0.2) is 48.5 Å². The van der Waals surface area contributed by atoms with Gasteiger partial charge in [-0.15, -0.1) is 0 Å². The first-order chi connectivity index (χ1) is 14.0. The Balaban J connectivity index is 1.50. The molecule has 2 amide bonds. The molecule has 0 saturated carbocycles. The molecule has 0 fully saturated rings. The number of hydrogen-bond donors (Lipinski definition) is 2. The second kappa shape index (κ2) is 7.87. The fraction of sp³-hybridized carbons (Fsp3) is 0.227. The van der Waals surface area contributed by atoms with Crippen LogP contribution in [0, 0.1) is 5.82 Å². The zero-order valence-electron chi connectivity index (χ0n) is 15.8. The van der Waals surface area contributed by atoms with Gasteiger partial charge in [0.25, 0.3) is 5.91 Å². The van der Waals surface area contributed by atoms with Crippen LogP contribution < -0.4 is 11.1 Å². The van der Waals surface area contributed by atoms with Gasteiger partial charge in [-0.25, -0.2) is 9.07 Å². The molecule has 2 aromatic carbocycles. The largest absolute Gasteiger partial charge is 0.366 e. The monoisotopic (exact) mass is 392 g/mol. The Morgan fingerprint density at radius 3 is 2.76 bits per heavy atom. The van der Waals surface area contributed by atoms with E-state index in [4.69, 9.17) is 5.73 Å². The molecule has 0 aliphatic heterocycles. The summed E-state index contributed by atoms with van der Waals surface area (Å²) in [5, 5.41) is 7.31. The van der Waals surface area contributed by atoms with E-state index in [1.165, 1.54) is 6.07 Å².